The Balaban J connectivity index is 2.77. The molecule has 0 aromatic heterocycles. The van der Waals surface area contributed by atoms with E-state index in [1.54, 1.807) is 25.3 Å². The van der Waals surface area contributed by atoms with E-state index >= 15 is 0 Å². The summed E-state index contributed by atoms with van der Waals surface area (Å²) in [5, 5.41) is 0.741. The maximum Gasteiger partial charge on any atom is 0.164 e. The second kappa shape index (κ2) is 6.24. The second-order valence-corrected chi connectivity index (χ2v) is 4.57. The predicted octanol–water partition coefficient (Wildman–Crippen LogP) is 3.85. The number of benzene rings is 1. The lowest BCUT2D eigenvalue weighted by molar-refractivity contribution is 0.0920. The minimum Gasteiger partial charge on any atom is -0.384 e. The molecule has 1 aromatic rings. The van der Waals surface area contributed by atoms with Crippen molar-refractivity contribution in [1.82, 2.24) is 0 Å². The first-order valence-corrected chi connectivity index (χ1v) is 5.78. The minimum absolute atomic E-state index is 0.00273. The maximum atomic E-state index is 11.9. The van der Waals surface area contributed by atoms with E-state index < -0.39 is 0 Å². The van der Waals surface area contributed by atoms with Gasteiger partial charge in [0.25, 0.3) is 0 Å². The van der Waals surface area contributed by atoms with Crippen LogP contribution in [-0.2, 0) is 4.74 Å². The van der Waals surface area contributed by atoms with Crippen LogP contribution >= 0.6 is 23.2 Å². The van der Waals surface area contributed by atoms with Gasteiger partial charge in [-0.2, -0.15) is 0 Å². The fourth-order valence-corrected chi connectivity index (χ4v) is 1.89. The molecule has 0 N–H and O–H groups in total. The molecule has 0 amide bonds. The molecule has 1 unspecified atom stereocenters. The first-order chi connectivity index (χ1) is 7.56. The molecular formula is C12H14Cl2O2. The van der Waals surface area contributed by atoms with E-state index in [1.165, 1.54) is 0 Å². The van der Waals surface area contributed by atoms with E-state index in [0.29, 0.717) is 28.6 Å². The summed E-state index contributed by atoms with van der Waals surface area (Å²) in [6.07, 6.45) is 0.411. The Kier molecular flexibility index (Phi) is 5.26. The molecule has 1 atom stereocenters. The third kappa shape index (κ3) is 3.48. The standard InChI is InChI=1S/C12H14Cl2O2/c1-8(7-16-2)6-11(15)9-4-3-5-10(13)12(9)14/h3-5,8H,6-7H2,1-2H3. The van der Waals surface area contributed by atoms with Gasteiger partial charge < -0.3 is 4.74 Å². The molecule has 0 aliphatic heterocycles. The van der Waals surface area contributed by atoms with Gasteiger partial charge in [0.05, 0.1) is 10.0 Å². The van der Waals surface area contributed by atoms with Gasteiger partial charge in [-0.15, -0.1) is 0 Å². The van der Waals surface area contributed by atoms with Gasteiger partial charge in [0.2, 0.25) is 0 Å². The highest BCUT2D eigenvalue weighted by atomic mass is 35.5. The first-order valence-electron chi connectivity index (χ1n) is 5.02. The number of carbonyl (C=O) groups excluding carboxylic acids is 1. The number of Topliss-reactive ketones (excluding diaryl/α,β-unsaturated/α-hetero) is 1. The highest BCUT2D eigenvalue weighted by molar-refractivity contribution is 6.43. The van der Waals surface area contributed by atoms with Gasteiger partial charge in [-0.3, -0.25) is 4.79 Å². The van der Waals surface area contributed by atoms with Crippen LogP contribution in [-0.4, -0.2) is 19.5 Å². The Morgan fingerprint density at radius 2 is 2.12 bits per heavy atom. The molecule has 0 bridgehead atoms. The van der Waals surface area contributed by atoms with Crippen LogP contribution in [0.15, 0.2) is 18.2 Å². The fourth-order valence-electron chi connectivity index (χ4n) is 1.49. The number of ether oxygens (including phenoxy) is 1. The van der Waals surface area contributed by atoms with Crippen molar-refractivity contribution in [3.8, 4) is 0 Å². The molecule has 16 heavy (non-hydrogen) atoms. The highest BCUT2D eigenvalue weighted by Crippen LogP contribution is 2.27. The molecule has 0 heterocycles. The topological polar surface area (TPSA) is 26.3 Å². The maximum absolute atomic E-state index is 11.9. The summed E-state index contributed by atoms with van der Waals surface area (Å²) in [5.41, 5.74) is 0.483. The van der Waals surface area contributed by atoms with Crippen molar-refractivity contribution in [2.45, 2.75) is 13.3 Å². The summed E-state index contributed by atoms with van der Waals surface area (Å²) in [7, 11) is 1.62. The summed E-state index contributed by atoms with van der Waals surface area (Å²) >= 11 is 11.8. The van der Waals surface area contributed by atoms with Crippen molar-refractivity contribution < 1.29 is 9.53 Å². The summed E-state index contributed by atoms with van der Waals surface area (Å²) < 4.78 is 4.98. The predicted molar refractivity (Wildman–Crippen MR) is 66.4 cm³/mol. The molecule has 88 valence electrons. The molecule has 2 nitrogen and oxygen atoms in total. The lowest BCUT2D eigenvalue weighted by atomic mass is 10.0. The third-order valence-electron chi connectivity index (χ3n) is 2.24. The van der Waals surface area contributed by atoms with Crippen molar-refractivity contribution in [1.29, 1.82) is 0 Å². The summed E-state index contributed by atoms with van der Waals surface area (Å²) in [4.78, 5) is 11.9. The van der Waals surface area contributed by atoms with Gasteiger partial charge in [0.15, 0.2) is 5.78 Å². The van der Waals surface area contributed by atoms with Crippen LogP contribution in [0.5, 0.6) is 0 Å². The lowest BCUT2D eigenvalue weighted by Gasteiger charge is -2.10. The fraction of sp³-hybridized carbons (Fsp3) is 0.417. The van der Waals surface area contributed by atoms with Crippen molar-refractivity contribution >= 4 is 29.0 Å². The highest BCUT2D eigenvalue weighted by Gasteiger charge is 2.15. The number of halogens is 2. The largest absolute Gasteiger partial charge is 0.384 e. The zero-order valence-electron chi connectivity index (χ0n) is 9.30. The van der Waals surface area contributed by atoms with E-state index in [1.807, 2.05) is 6.92 Å². The van der Waals surface area contributed by atoms with Gasteiger partial charge >= 0.3 is 0 Å². The van der Waals surface area contributed by atoms with Crippen LogP contribution in [0.4, 0.5) is 0 Å². The quantitative estimate of drug-likeness (QED) is 0.752. The molecule has 0 fully saturated rings. The third-order valence-corrected chi connectivity index (χ3v) is 3.06. The Bertz CT molecular complexity index is 377. The molecule has 0 spiro atoms. The summed E-state index contributed by atoms with van der Waals surface area (Å²) in [6.45, 7) is 2.52. The van der Waals surface area contributed by atoms with E-state index in [-0.39, 0.29) is 11.7 Å². The number of hydrogen-bond donors (Lipinski definition) is 0. The van der Waals surface area contributed by atoms with Crippen molar-refractivity contribution in [3.63, 3.8) is 0 Å². The first kappa shape index (κ1) is 13.5. The van der Waals surface area contributed by atoms with Crippen LogP contribution in [0.1, 0.15) is 23.7 Å². The molecule has 0 aliphatic rings. The van der Waals surface area contributed by atoms with E-state index in [0.717, 1.165) is 0 Å². The molecular weight excluding hydrogens is 247 g/mol. The van der Waals surface area contributed by atoms with Gasteiger partial charge in [0.1, 0.15) is 0 Å². The Hall–Kier alpha value is -0.570. The Morgan fingerprint density at radius 3 is 2.75 bits per heavy atom. The molecule has 1 aromatic carbocycles. The SMILES string of the molecule is COCC(C)CC(=O)c1cccc(Cl)c1Cl. The average molecular weight is 261 g/mol. The Labute approximate surface area is 106 Å². The second-order valence-electron chi connectivity index (χ2n) is 3.79. The van der Waals surface area contributed by atoms with Crippen molar-refractivity contribution in [2.24, 2.45) is 5.92 Å². The van der Waals surface area contributed by atoms with Crippen molar-refractivity contribution in [3.05, 3.63) is 33.8 Å². The van der Waals surface area contributed by atoms with Crippen LogP contribution in [0.2, 0.25) is 10.0 Å². The van der Waals surface area contributed by atoms with E-state index in [2.05, 4.69) is 0 Å². The van der Waals surface area contributed by atoms with Gasteiger partial charge in [-0.25, -0.2) is 0 Å². The number of ketones is 1. The lowest BCUT2D eigenvalue weighted by Crippen LogP contribution is -2.11. The van der Waals surface area contributed by atoms with Gasteiger partial charge in [0, 0.05) is 25.7 Å². The molecule has 0 radical (unpaired) electrons. The van der Waals surface area contributed by atoms with Crippen LogP contribution in [0.3, 0.4) is 0 Å². The summed E-state index contributed by atoms with van der Waals surface area (Å²) in [6, 6.07) is 5.08. The molecule has 0 saturated carbocycles. The number of carbonyl (C=O) groups is 1. The molecule has 0 saturated heterocycles. The normalized spacial score (nSPS) is 12.5. The average Bonchev–Trinajstić information content (AvgIpc) is 2.22. The van der Waals surface area contributed by atoms with Crippen LogP contribution < -0.4 is 0 Å². The number of methoxy groups -OCH3 is 1. The zero-order valence-corrected chi connectivity index (χ0v) is 10.8. The van der Waals surface area contributed by atoms with E-state index in [4.69, 9.17) is 27.9 Å². The van der Waals surface area contributed by atoms with Gasteiger partial charge in [-0.1, -0.05) is 36.2 Å². The zero-order chi connectivity index (χ0) is 12.1. The monoisotopic (exact) mass is 260 g/mol. The molecule has 0 aliphatic carbocycles. The number of rotatable bonds is 5. The smallest absolute Gasteiger partial charge is 0.164 e. The molecule has 4 heteroatoms. The van der Waals surface area contributed by atoms with Crippen LogP contribution in [0.25, 0.3) is 0 Å². The minimum atomic E-state index is -0.00273. The van der Waals surface area contributed by atoms with Crippen LogP contribution in [0, 0.1) is 5.92 Å². The Morgan fingerprint density at radius 1 is 1.44 bits per heavy atom. The van der Waals surface area contributed by atoms with E-state index in [9.17, 15) is 4.79 Å². The number of hydrogen-bond acceptors (Lipinski definition) is 2. The van der Waals surface area contributed by atoms with Gasteiger partial charge in [-0.05, 0) is 18.1 Å². The molecule has 1 rings (SSSR count). The van der Waals surface area contributed by atoms with Crippen molar-refractivity contribution in [2.75, 3.05) is 13.7 Å². The summed E-state index contributed by atoms with van der Waals surface area (Å²) in [5.74, 6) is 0.171.